The minimum atomic E-state index is -0.362. The molecule has 0 atom stereocenters. The zero-order valence-corrected chi connectivity index (χ0v) is 16.8. The SMILES string of the molecule is CCOc1ccc(-c2nc(NC(=O)c3cc(=O)[nH]c4ccccc34)sc2C)cc1. The third kappa shape index (κ3) is 3.90. The number of thiazole rings is 1. The van der Waals surface area contributed by atoms with Crippen LogP contribution in [0, 0.1) is 6.92 Å². The normalized spacial score (nSPS) is 10.8. The molecule has 0 saturated carbocycles. The molecule has 6 nitrogen and oxygen atoms in total. The summed E-state index contributed by atoms with van der Waals surface area (Å²) in [5.74, 6) is 0.443. The van der Waals surface area contributed by atoms with Crippen LogP contribution < -0.4 is 15.6 Å². The van der Waals surface area contributed by atoms with E-state index in [4.69, 9.17) is 4.74 Å². The molecule has 4 aromatic rings. The number of nitrogens with zero attached hydrogens (tertiary/aromatic N) is 1. The van der Waals surface area contributed by atoms with Gasteiger partial charge in [-0.25, -0.2) is 4.98 Å². The van der Waals surface area contributed by atoms with Gasteiger partial charge in [-0.3, -0.25) is 14.9 Å². The third-order valence-electron chi connectivity index (χ3n) is 4.45. The molecule has 1 amide bonds. The van der Waals surface area contributed by atoms with Crippen LogP contribution in [0.15, 0.2) is 59.4 Å². The third-order valence-corrected chi connectivity index (χ3v) is 5.34. The van der Waals surface area contributed by atoms with Gasteiger partial charge in [-0.05, 0) is 44.2 Å². The molecule has 0 aliphatic carbocycles. The predicted octanol–water partition coefficient (Wildman–Crippen LogP) is 4.61. The molecule has 0 spiro atoms. The second-order valence-electron chi connectivity index (χ2n) is 6.43. The van der Waals surface area contributed by atoms with E-state index in [2.05, 4.69) is 15.3 Å². The molecule has 0 saturated heterocycles. The van der Waals surface area contributed by atoms with Crippen molar-refractivity contribution in [1.82, 2.24) is 9.97 Å². The smallest absolute Gasteiger partial charge is 0.258 e. The van der Waals surface area contributed by atoms with Gasteiger partial charge in [0.1, 0.15) is 5.75 Å². The first-order valence-corrected chi connectivity index (χ1v) is 10.0. The van der Waals surface area contributed by atoms with E-state index < -0.39 is 0 Å². The fourth-order valence-corrected chi connectivity index (χ4v) is 3.98. The van der Waals surface area contributed by atoms with E-state index in [9.17, 15) is 9.59 Å². The molecule has 0 aliphatic rings. The topological polar surface area (TPSA) is 84.1 Å². The first kappa shape index (κ1) is 18.9. The number of amides is 1. The monoisotopic (exact) mass is 405 g/mol. The Hall–Kier alpha value is -3.45. The predicted molar refractivity (Wildman–Crippen MR) is 116 cm³/mol. The van der Waals surface area contributed by atoms with Crippen LogP contribution in [0.1, 0.15) is 22.2 Å². The molecule has 29 heavy (non-hydrogen) atoms. The van der Waals surface area contributed by atoms with Crippen molar-refractivity contribution in [3.63, 3.8) is 0 Å². The van der Waals surface area contributed by atoms with Gasteiger partial charge in [0.2, 0.25) is 5.56 Å². The highest BCUT2D eigenvalue weighted by atomic mass is 32.1. The van der Waals surface area contributed by atoms with Crippen molar-refractivity contribution in [2.45, 2.75) is 13.8 Å². The summed E-state index contributed by atoms with van der Waals surface area (Å²) in [6, 6.07) is 16.2. The van der Waals surface area contributed by atoms with E-state index in [-0.39, 0.29) is 11.5 Å². The number of carbonyl (C=O) groups is 1. The number of hydrogen-bond donors (Lipinski definition) is 2. The number of H-pyrrole nitrogens is 1. The van der Waals surface area contributed by atoms with Crippen molar-refractivity contribution >= 4 is 33.3 Å². The van der Waals surface area contributed by atoms with Crippen molar-refractivity contribution < 1.29 is 9.53 Å². The van der Waals surface area contributed by atoms with E-state index in [1.165, 1.54) is 17.4 Å². The summed E-state index contributed by atoms with van der Waals surface area (Å²) < 4.78 is 5.48. The molecule has 0 unspecified atom stereocenters. The van der Waals surface area contributed by atoms with E-state index in [1.807, 2.05) is 50.2 Å². The Morgan fingerprint density at radius 2 is 1.93 bits per heavy atom. The second kappa shape index (κ2) is 7.89. The van der Waals surface area contributed by atoms with E-state index in [0.29, 0.717) is 28.2 Å². The number of hydrogen-bond acceptors (Lipinski definition) is 5. The Bertz CT molecular complexity index is 1240. The fraction of sp³-hybridized carbons (Fsp3) is 0.136. The number of fused-ring (bicyclic) bond motifs is 1. The van der Waals surface area contributed by atoms with Crippen LogP contribution in [-0.2, 0) is 0 Å². The van der Waals surface area contributed by atoms with E-state index in [0.717, 1.165) is 21.9 Å². The average Bonchev–Trinajstić information content (AvgIpc) is 3.08. The molecule has 0 aliphatic heterocycles. The van der Waals surface area contributed by atoms with Gasteiger partial charge in [0.05, 0.1) is 17.9 Å². The van der Waals surface area contributed by atoms with Gasteiger partial charge in [0.15, 0.2) is 5.13 Å². The Morgan fingerprint density at radius 3 is 2.69 bits per heavy atom. The van der Waals surface area contributed by atoms with Gasteiger partial charge in [0.25, 0.3) is 5.91 Å². The molecule has 0 bridgehead atoms. The molecule has 2 aromatic carbocycles. The number of rotatable bonds is 5. The van der Waals surface area contributed by atoms with Crippen molar-refractivity contribution in [2.75, 3.05) is 11.9 Å². The standard InChI is InChI=1S/C22H19N3O3S/c1-3-28-15-10-8-14(9-11-15)20-13(2)29-22(24-20)25-21(27)17-12-19(26)23-18-7-5-4-6-16(17)18/h4-12H,3H2,1-2H3,(H,23,26)(H,24,25,27). The maximum atomic E-state index is 12.8. The van der Waals surface area contributed by atoms with Gasteiger partial charge in [0, 0.05) is 27.4 Å². The van der Waals surface area contributed by atoms with E-state index in [1.54, 1.807) is 12.1 Å². The first-order chi connectivity index (χ1) is 14.0. The maximum Gasteiger partial charge on any atom is 0.258 e. The molecule has 2 aromatic heterocycles. The van der Waals surface area contributed by atoms with Crippen LogP contribution in [0.5, 0.6) is 5.75 Å². The number of aromatic nitrogens is 2. The number of carbonyl (C=O) groups excluding carboxylic acids is 1. The lowest BCUT2D eigenvalue weighted by Gasteiger charge is -2.06. The van der Waals surface area contributed by atoms with Gasteiger partial charge in [-0.1, -0.05) is 18.2 Å². The first-order valence-electron chi connectivity index (χ1n) is 9.19. The van der Waals surface area contributed by atoms with Crippen LogP contribution in [0.3, 0.4) is 0 Å². The van der Waals surface area contributed by atoms with Crippen LogP contribution >= 0.6 is 11.3 Å². The Morgan fingerprint density at radius 1 is 1.17 bits per heavy atom. The van der Waals surface area contributed by atoms with Gasteiger partial charge in [-0.2, -0.15) is 0 Å². The Balaban J connectivity index is 1.62. The van der Waals surface area contributed by atoms with Crippen molar-refractivity contribution in [2.24, 2.45) is 0 Å². The molecule has 146 valence electrons. The van der Waals surface area contributed by atoms with Gasteiger partial charge in [-0.15, -0.1) is 11.3 Å². The van der Waals surface area contributed by atoms with E-state index >= 15 is 0 Å². The number of ether oxygens (including phenoxy) is 1. The Kier molecular flexibility index (Phi) is 5.14. The number of pyridine rings is 1. The summed E-state index contributed by atoms with van der Waals surface area (Å²) in [6.45, 7) is 4.52. The minimum Gasteiger partial charge on any atom is -0.494 e. The lowest BCUT2D eigenvalue weighted by molar-refractivity contribution is 0.102. The number of nitrogens with one attached hydrogen (secondary N) is 2. The van der Waals surface area contributed by atoms with Crippen LogP contribution in [0.4, 0.5) is 5.13 Å². The number of aromatic amines is 1. The quantitative estimate of drug-likeness (QED) is 0.508. The highest BCUT2D eigenvalue weighted by Crippen LogP contribution is 2.31. The lowest BCUT2D eigenvalue weighted by atomic mass is 10.1. The Labute approximate surface area is 171 Å². The van der Waals surface area contributed by atoms with Crippen molar-refractivity contribution in [1.29, 1.82) is 0 Å². The molecule has 2 N–H and O–H groups in total. The fourth-order valence-electron chi connectivity index (χ4n) is 3.15. The van der Waals surface area contributed by atoms with Crippen LogP contribution in [-0.4, -0.2) is 22.5 Å². The summed E-state index contributed by atoms with van der Waals surface area (Å²) in [4.78, 5) is 33.1. The molecule has 0 fully saturated rings. The largest absolute Gasteiger partial charge is 0.494 e. The molecule has 2 heterocycles. The minimum absolute atomic E-state index is 0.319. The highest BCUT2D eigenvalue weighted by Gasteiger charge is 2.16. The summed E-state index contributed by atoms with van der Waals surface area (Å²) in [5.41, 5.74) is 2.38. The number of anilines is 1. The van der Waals surface area contributed by atoms with Crippen LogP contribution in [0.25, 0.3) is 22.2 Å². The molecular formula is C22H19N3O3S. The lowest BCUT2D eigenvalue weighted by Crippen LogP contribution is -2.16. The number of aryl methyl sites for hydroxylation is 1. The highest BCUT2D eigenvalue weighted by molar-refractivity contribution is 7.16. The number of benzene rings is 2. The number of para-hydroxylation sites is 1. The van der Waals surface area contributed by atoms with Crippen LogP contribution in [0.2, 0.25) is 0 Å². The van der Waals surface area contributed by atoms with Gasteiger partial charge < -0.3 is 9.72 Å². The summed E-state index contributed by atoms with van der Waals surface area (Å²) >= 11 is 1.40. The second-order valence-corrected chi connectivity index (χ2v) is 7.63. The average molecular weight is 405 g/mol. The summed E-state index contributed by atoms with van der Waals surface area (Å²) in [5, 5.41) is 4.00. The van der Waals surface area contributed by atoms with Crippen molar-refractivity contribution in [3.8, 4) is 17.0 Å². The molecule has 4 rings (SSSR count). The molecule has 7 heteroatoms. The van der Waals surface area contributed by atoms with Gasteiger partial charge >= 0.3 is 0 Å². The zero-order chi connectivity index (χ0) is 20.4. The molecular weight excluding hydrogens is 386 g/mol. The maximum absolute atomic E-state index is 12.8. The summed E-state index contributed by atoms with van der Waals surface area (Å²) in [6.07, 6.45) is 0. The van der Waals surface area contributed by atoms with Crippen molar-refractivity contribution in [3.05, 3.63) is 75.4 Å². The molecule has 0 radical (unpaired) electrons. The zero-order valence-electron chi connectivity index (χ0n) is 16.0. The summed E-state index contributed by atoms with van der Waals surface area (Å²) in [7, 11) is 0.